The number of allylic oxidation sites excluding steroid dienone is 1. The van der Waals surface area contributed by atoms with Gasteiger partial charge in [-0.15, -0.1) is 0 Å². The highest BCUT2D eigenvalue weighted by molar-refractivity contribution is 6.32. The van der Waals surface area contributed by atoms with Gasteiger partial charge >= 0.3 is 0 Å². The maximum absolute atomic E-state index is 14.0. The van der Waals surface area contributed by atoms with Crippen LogP contribution in [0.15, 0.2) is 60.7 Å². The third-order valence-corrected chi connectivity index (χ3v) is 7.30. The fraction of sp³-hybridized carbons (Fsp3) is 0.364. The average Bonchev–Trinajstić information content (AvgIpc) is 3.00. The minimum Gasteiger partial charge on any atom is -0.497 e. The van der Waals surface area contributed by atoms with Crippen LogP contribution in [-0.2, 0) is 0 Å². The van der Waals surface area contributed by atoms with E-state index < -0.39 is 0 Å². The van der Waals surface area contributed by atoms with Gasteiger partial charge in [-0.3, -0.25) is 9.69 Å². The molecule has 7 nitrogen and oxygen atoms in total. The summed E-state index contributed by atoms with van der Waals surface area (Å²) in [7, 11) is 6.29. The number of ether oxygens (including phenoxy) is 5. The van der Waals surface area contributed by atoms with Gasteiger partial charge in [0.15, 0.2) is 5.78 Å². The van der Waals surface area contributed by atoms with Gasteiger partial charge in [-0.05, 0) is 79.9 Å². The molecule has 4 rings (SSSR count). The number of rotatable bonds is 12. The van der Waals surface area contributed by atoms with Gasteiger partial charge in [-0.2, -0.15) is 0 Å². The maximum Gasteiger partial charge on any atom is 0.193 e. The van der Waals surface area contributed by atoms with Gasteiger partial charge in [0.1, 0.15) is 35.4 Å². The van der Waals surface area contributed by atoms with E-state index in [-0.39, 0.29) is 5.78 Å². The van der Waals surface area contributed by atoms with Gasteiger partial charge in [0.2, 0.25) is 0 Å². The second-order valence-corrected chi connectivity index (χ2v) is 9.89. The Morgan fingerprint density at radius 1 is 0.775 bits per heavy atom. The zero-order chi connectivity index (χ0) is 28.5. The number of piperidine rings is 1. The topological polar surface area (TPSA) is 66.5 Å². The summed E-state index contributed by atoms with van der Waals surface area (Å²) in [5, 5.41) is 0. The Kier molecular flexibility index (Phi) is 10.1. The van der Waals surface area contributed by atoms with E-state index in [9.17, 15) is 4.79 Å². The number of hydrogen-bond donors (Lipinski definition) is 0. The van der Waals surface area contributed by atoms with E-state index in [4.69, 9.17) is 23.7 Å². The van der Waals surface area contributed by atoms with E-state index in [0.29, 0.717) is 52.3 Å². The normalized spacial score (nSPS) is 15.8. The Morgan fingerprint density at radius 3 is 1.85 bits per heavy atom. The number of hydrogen-bond acceptors (Lipinski definition) is 7. The van der Waals surface area contributed by atoms with Crippen molar-refractivity contribution in [3.8, 4) is 28.7 Å². The number of benzene rings is 3. The summed E-state index contributed by atoms with van der Waals surface area (Å²) in [6.07, 6.45) is 5.69. The quantitative estimate of drug-likeness (QED) is 0.148. The average molecular weight is 546 g/mol. The molecule has 0 radical (unpaired) electrons. The fourth-order valence-corrected chi connectivity index (χ4v) is 4.93. The van der Waals surface area contributed by atoms with Crippen molar-refractivity contribution in [2.75, 3.05) is 48.1 Å². The molecule has 1 aliphatic rings. The highest BCUT2D eigenvalue weighted by atomic mass is 16.5. The number of Topliss-reactive ketones (excluding diaryl/α,β-unsaturated/α-hetero) is 1. The Bertz CT molecular complexity index is 1270. The Labute approximate surface area is 237 Å². The largest absolute Gasteiger partial charge is 0.497 e. The molecule has 212 valence electrons. The summed E-state index contributed by atoms with van der Waals surface area (Å²) in [5.74, 6) is 2.85. The summed E-state index contributed by atoms with van der Waals surface area (Å²) >= 11 is 0. The van der Waals surface area contributed by atoms with Crippen LogP contribution in [-0.4, -0.2) is 64.9 Å². The molecule has 1 atom stereocenters. The first kappa shape index (κ1) is 29.0. The third kappa shape index (κ3) is 7.36. The maximum atomic E-state index is 14.0. The number of methoxy groups -OCH3 is 4. The van der Waals surface area contributed by atoms with E-state index >= 15 is 0 Å². The van der Waals surface area contributed by atoms with Gasteiger partial charge in [0.25, 0.3) is 0 Å². The molecule has 1 unspecified atom stereocenters. The van der Waals surface area contributed by atoms with Crippen molar-refractivity contribution >= 4 is 17.4 Å². The van der Waals surface area contributed by atoms with E-state index in [2.05, 4.69) is 11.8 Å². The van der Waals surface area contributed by atoms with Crippen LogP contribution in [0.4, 0.5) is 0 Å². The molecular weight excluding hydrogens is 506 g/mol. The molecule has 0 saturated carbocycles. The number of likely N-dealkylation sites (tertiary alicyclic amines) is 1. The Balaban J connectivity index is 1.62. The van der Waals surface area contributed by atoms with Gasteiger partial charge in [0.05, 0.1) is 28.4 Å². The van der Waals surface area contributed by atoms with Crippen molar-refractivity contribution in [2.24, 2.45) is 0 Å². The standard InChI is InChI=1S/C33H39NO6/c1-23-8-6-7-13-34(23)14-15-40-27-11-9-24(10-12-27)16-32(25-17-28(36-2)21-29(18-25)37-3)33(35)26-19-30(38-4)22-31(20-26)39-5/h9-12,16-23H,6-8,13-15H2,1-5H3. The number of nitrogens with zero attached hydrogens (tertiary/aromatic N) is 1. The predicted octanol–water partition coefficient (Wildman–Crippen LogP) is 6.40. The van der Waals surface area contributed by atoms with Crippen LogP contribution in [0.1, 0.15) is 47.7 Å². The summed E-state index contributed by atoms with van der Waals surface area (Å²) < 4.78 is 27.8. The van der Waals surface area contributed by atoms with Crippen LogP contribution in [0.25, 0.3) is 11.6 Å². The molecule has 0 spiro atoms. The smallest absolute Gasteiger partial charge is 0.193 e. The third-order valence-electron chi connectivity index (χ3n) is 7.30. The lowest BCUT2D eigenvalue weighted by atomic mass is 9.94. The second-order valence-electron chi connectivity index (χ2n) is 9.89. The molecule has 0 amide bonds. The van der Waals surface area contributed by atoms with Crippen LogP contribution < -0.4 is 23.7 Å². The lowest BCUT2D eigenvalue weighted by molar-refractivity contribution is 0.105. The minimum atomic E-state index is -0.191. The minimum absolute atomic E-state index is 0.191. The van der Waals surface area contributed by atoms with Crippen LogP contribution in [0.5, 0.6) is 28.7 Å². The van der Waals surface area contributed by atoms with Crippen LogP contribution in [0, 0.1) is 0 Å². The van der Waals surface area contributed by atoms with Crippen LogP contribution in [0.2, 0.25) is 0 Å². The van der Waals surface area contributed by atoms with Crippen molar-refractivity contribution in [1.82, 2.24) is 4.90 Å². The summed E-state index contributed by atoms with van der Waals surface area (Å²) in [5.41, 5.74) is 2.44. The van der Waals surface area contributed by atoms with E-state index in [0.717, 1.165) is 24.4 Å². The molecule has 1 fully saturated rings. The van der Waals surface area contributed by atoms with Gasteiger partial charge in [-0.1, -0.05) is 18.6 Å². The monoisotopic (exact) mass is 545 g/mol. The number of ketones is 1. The molecular formula is C33H39NO6. The molecule has 0 bridgehead atoms. The molecule has 0 N–H and O–H groups in total. The molecule has 3 aromatic rings. The first-order chi connectivity index (χ1) is 19.4. The molecule has 7 heteroatoms. The molecule has 0 aliphatic carbocycles. The molecule has 0 aromatic heterocycles. The zero-order valence-electron chi connectivity index (χ0n) is 24.1. The summed E-state index contributed by atoms with van der Waals surface area (Å²) in [6, 6.07) is 19.0. The first-order valence-corrected chi connectivity index (χ1v) is 13.6. The molecule has 3 aromatic carbocycles. The fourth-order valence-electron chi connectivity index (χ4n) is 4.93. The van der Waals surface area contributed by atoms with E-state index in [1.165, 1.54) is 19.3 Å². The van der Waals surface area contributed by atoms with Crippen molar-refractivity contribution in [3.05, 3.63) is 77.4 Å². The SMILES string of the molecule is COc1cc(OC)cc(C(=O)C(=Cc2ccc(OCCN3CCCCC3C)cc2)c2cc(OC)cc(OC)c2)c1. The lowest BCUT2D eigenvalue weighted by Gasteiger charge is -2.33. The first-order valence-electron chi connectivity index (χ1n) is 13.6. The van der Waals surface area contributed by atoms with E-state index in [1.807, 2.05) is 42.5 Å². The number of carbonyl (C=O) groups is 1. The molecule has 40 heavy (non-hydrogen) atoms. The summed E-state index contributed by atoms with van der Waals surface area (Å²) in [6.45, 7) is 4.99. The highest BCUT2D eigenvalue weighted by Gasteiger charge is 2.20. The Hall–Kier alpha value is -3.97. The second kappa shape index (κ2) is 13.9. The lowest BCUT2D eigenvalue weighted by Crippen LogP contribution is -2.39. The Morgan fingerprint density at radius 2 is 1.32 bits per heavy atom. The van der Waals surface area contributed by atoms with Crippen molar-refractivity contribution in [3.63, 3.8) is 0 Å². The van der Waals surface area contributed by atoms with Crippen LogP contribution in [0.3, 0.4) is 0 Å². The van der Waals surface area contributed by atoms with Crippen molar-refractivity contribution < 1.29 is 28.5 Å². The molecule has 1 aliphatic heterocycles. The zero-order valence-corrected chi connectivity index (χ0v) is 24.1. The van der Waals surface area contributed by atoms with Crippen molar-refractivity contribution in [1.29, 1.82) is 0 Å². The van der Waals surface area contributed by atoms with Crippen molar-refractivity contribution in [2.45, 2.75) is 32.2 Å². The number of carbonyl (C=O) groups excluding carboxylic acids is 1. The predicted molar refractivity (Wildman–Crippen MR) is 158 cm³/mol. The van der Waals surface area contributed by atoms with Gasteiger partial charge in [0, 0.05) is 35.9 Å². The summed E-state index contributed by atoms with van der Waals surface area (Å²) in [4.78, 5) is 16.5. The molecule has 1 heterocycles. The van der Waals surface area contributed by atoms with E-state index in [1.54, 1.807) is 52.7 Å². The molecule has 1 saturated heterocycles. The van der Waals surface area contributed by atoms with Gasteiger partial charge in [-0.25, -0.2) is 0 Å². The van der Waals surface area contributed by atoms with Gasteiger partial charge < -0.3 is 23.7 Å². The highest BCUT2D eigenvalue weighted by Crippen LogP contribution is 2.33. The van der Waals surface area contributed by atoms with Crippen LogP contribution >= 0.6 is 0 Å².